The van der Waals surface area contributed by atoms with E-state index in [-0.39, 0.29) is 19.5 Å². The number of rotatable bonds is 6. The fraction of sp³-hybridized carbons (Fsp3) is 0.583. The van der Waals surface area contributed by atoms with Gasteiger partial charge in [-0.1, -0.05) is 37.1 Å². The molecule has 1 unspecified atom stereocenters. The van der Waals surface area contributed by atoms with Gasteiger partial charge in [-0.05, 0) is 50.7 Å². The van der Waals surface area contributed by atoms with Crippen LogP contribution in [0.3, 0.4) is 0 Å². The average Bonchev–Trinajstić information content (AvgIpc) is 3.23. The molecule has 1 saturated carbocycles. The maximum Gasteiger partial charge on any atom is 0.325 e. The molecule has 1 saturated heterocycles. The van der Waals surface area contributed by atoms with Crippen LogP contribution in [0.4, 0.5) is 0 Å². The topological polar surface area (TPSA) is 92.8 Å². The van der Waals surface area contributed by atoms with Gasteiger partial charge in [0.25, 0.3) is 0 Å². The van der Waals surface area contributed by atoms with Crippen molar-refractivity contribution in [3.63, 3.8) is 0 Å². The second-order valence-corrected chi connectivity index (χ2v) is 9.44. The summed E-state index contributed by atoms with van der Waals surface area (Å²) in [5.74, 6) is -3.08. The van der Waals surface area contributed by atoms with Gasteiger partial charge >= 0.3 is 5.97 Å². The first kappa shape index (κ1) is 23.0. The lowest BCUT2D eigenvalue weighted by molar-refractivity contribution is -0.157. The molecule has 0 spiro atoms. The third-order valence-corrected chi connectivity index (χ3v) is 5.78. The Bertz CT molecular complexity index is 835. The van der Waals surface area contributed by atoms with Gasteiger partial charge in [-0.15, -0.1) is 0 Å². The van der Waals surface area contributed by atoms with Gasteiger partial charge in [-0.2, -0.15) is 0 Å². The Labute approximate surface area is 183 Å². The maximum atomic E-state index is 12.9. The minimum Gasteiger partial charge on any atom is -0.459 e. The number of amides is 2. The van der Waals surface area contributed by atoms with Crippen LogP contribution in [0.1, 0.15) is 69.9 Å². The third-order valence-electron chi connectivity index (χ3n) is 5.78. The Balaban J connectivity index is 1.58. The maximum absolute atomic E-state index is 12.9. The van der Waals surface area contributed by atoms with Gasteiger partial charge in [-0.3, -0.25) is 19.2 Å². The zero-order chi connectivity index (χ0) is 22.6. The van der Waals surface area contributed by atoms with Crippen LogP contribution < -0.4 is 5.32 Å². The van der Waals surface area contributed by atoms with Gasteiger partial charge in [0.05, 0.1) is 0 Å². The summed E-state index contributed by atoms with van der Waals surface area (Å²) in [6, 6.07) is 8.29. The van der Waals surface area contributed by atoms with Gasteiger partial charge in [0, 0.05) is 19.5 Å². The Morgan fingerprint density at radius 2 is 1.74 bits per heavy atom. The van der Waals surface area contributed by atoms with Crippen LogP contribution in [0.2, 0.25) is 0 Å². The number of carbonyl (C=O) groups is 4. The van der Waals surface area contributed by atoms with Gasteiger partial charge < -0.3 is 15.0 Å². The molecule has 0 radical (unpaired) electrons. The Kier molecular flexibility index (Phi) is 7.13. The number of piperidine rings is 1. The SMILES string of the molecule is CC(C)(C)OC(=O)CNC(=O)C1C(=O)CCN(Cc2ccc(C3CCCC3)cc2)C1=O. The molecule has 1 aromatic rings. The lowest BCUT2D eigenvalue weighted by Gasteiger charge is -2.31. The molecule has 1 atom stereocenters. The number of likely N-dealkylation sites (tertiary alicyclic amines) is 1. The summed E-state index contributed by atoms with van der Waals surface area (Å²) in [7, 11) is 0. The molecule has 0 bridgehead atoms. The molecular weight excluding hydrogens is 396 g/mol. The highest BCUT2D eigenvalue weighted by Gasteiger charge is 2.40. The minimum atomic E-state index is -1.41. The lowest BCUT2D eigenvalue weighted by Crippen LogP contribution is -2.52. The normalized spacial score (nSPS) is 20.1. The van der Waals surface area contributed by atoms with Crippen LogP contribution in [0.25, 0.3) is 0 Å². The fourth-order valence-corrected chi connectivity index (χ4v) is 4.25. The standard InChI is InChI=1S/C24H32N2O5/c1-24(2,3)31-20(28)14-25-22(29)21-19(27)12-13-26(23(21)30)15-16-8-10-18(11-9-16)17-6-4-5-7-17/h8-11,17,21H,4-7,12-15H2,1-3H3,(H,25,29). The number of hydrogen-bond acceptors (Lipinski definition) is 5. The first-order chi connectivity index (χ1) is 14.6. The molecule has 1 aliphatic carbocycles. The second-order valence-electron chi connectivity index (χ2n) is 9.44. The molecule has 2 amide bonds. The zero-order valence-corrected chi connectivity index (χ0v) is 18.6. The minimum absolute atomic E-state index is 0.121. The lowest BCUT2D eigenvalue weighted by atomic mass is 9.93. The molecule has 2 fully saturated rings. The van der Waals surface area contributed by atoms with E-state index < -0.39 is 35.1 Å². The van der Waals surface area contributed by atoms with Crippen molar-refractivity contribution in [2.75, 3.05) is 13.1 Å². The number of benzene rings is 1. The van der Waals surface area contributed by atoms with Gasteiger partial charge in [0.1, 0.15) is 12.1 Å². The quantitative estimate of drug-likeness (QED) is 0.556. The molecule has 168 valence electrons. The number of ketones is 1. The van der Waals surface area contributed by atoms with Crippen molar-refractivity contribution in [2.24, 2.45) is 5.92 Å². The summed E-state index contributed by atoms with van der Waals surface area (Å²) in [5.41, 5.74) is 1.63. The summed E-state index contributed by atoms with van der Waals surface area (Å²) >= 11 is 0. The highest BCUT2D eigenvalue weighted by atomic mass is 16.6. The van der Waals surface area contributed by atoms with E-state index in [0.717, 1.165) is 5.56 Å². The van der Waals surface area contributed by atoms with Gasteiger partial charge in [0.15, 0.2) is 11.7 Å². The molecule has 7 nitrogen and oxygen atoms in total. The van der Waals surface area contributed by atoms with E-state index in [1.54, 1.807) is 25.7 Å². The van der Waals surface area contributed by atoms with E-state index in [1.165, 1.54) is 31.2 Å². The monoisotopic (exact) mass is 428 g/mol. The van der Waals surface area contributed by atoms with E-state index in [4.69, 9.17) is 4.74 Å². The fourth-order valence-electron chi connectivity index (χ4n) is 4.25. The predicted molar refractivity (Wildman–Crippen MR) is 115 cm³/mol. The van der Waals surface area contributed by atoms with Gasteiger partial charge in [0.2, 0.25) is 11.8 Å². The van der Waals surface area contributed by atoms with Gasteiger partial charge in [-0.25, -0.2) is 0 Å². The van der Waals surface area contributed by atoms with Crippen LogP contribution in [0.5, 0.6) is 0 Å². The zero-order valence-electron chi connectivity index (χ0n) is 18.6. The predicted octanol–water partition coefficient (Wildman–Crippen LogP) is 2.72. The summed E-state index contributed by atoms with van der Waals surface area (Å²) < 4.78 is 5.14. The molecule has 2 aliphatic rings. The highest BCUT2D eigenvalue weighted by Crippen LogP contribution is 2.34. The van der Waals surface area contributed by atoms with Crippen molar-refractivity contribution >= 4 is 23.6 Å². The number of esters is 1. The van der Waals surface area contributed by atoms with Crippen molar-refractivity contribution in [1.82, 2.24) is 10.2 Å². The van der Waals surface area contributed by atoms with Crippen molar-refractivity contribution in [2.45, 2.75) is 70.9 Å². The van der Waals surface area contributed by atoms with Crippen LogP contribution in [0.15, 0.2) is 24.3 Å². The van der Waals surface area contributed by atoms with E-state index in [0.29, 0.717) is 12.5 Å². The smallest absolute Gasteiger partial charge is 0.325 e. The molecule has 3 rings (SSSR count). The largest absolute Gasteiger partial charge is 0.459 e. The highest BCUT2D eigenvalue weighted by molar-refractivity contribution is 6.19. The van der Waals surface area contributed by atoms with Crippen LogP contribution in [-0.2, 0) is 30.5 Å². The first-order valence-electron chi connectivity index (χ1n) is 11.0. The number of nitrogens with one attached hydrogen (secondary N) is 1. The molecule has 31 heavy (non-hydrogen) atoms. The second kappa shape index (κ2) is 9.62. The van der Waals surface area contributed by atoms with Crippen molar-refractivity contribution in [3.8, 4) is 0 Å². The van der Waals surface area contributed by atoms with Crippen LogP contribution in [-0.4, -0.2) is 47.2 Å². The van der Waals surface area contributed by atoms with E-state index in [9.17, 15) is 19.2 Å². The van der Waals surface area contributed by atoms with E-state index >= 15 is 0 Å². The van der Waals surface area contributed by atoms with E-state index in [2.05, 4.69) is 17.4 Å². The number of hydrogen-bond donors (Lipinski definition) is 1. The summed E-state index contributed by atoms with van der Waals surface area (Å²) in [6.45, 7) is 5.43. The third kappa shape index (κ3) is 6.15. The number of ether oxygens (including phenoxy) is 1. The van der Waals surface area contributed by atoms with E-state index in [1.807, 2.05) is 12.1 Å². The van der Waals surface area contributed by atoms with Crippen LogP contribution in [0, 0.1) is 5.92 Å². The molecule has 1 aromatic carbocycles. The summed E-state index contributed by atoms with van der Waals surface area (Å²) in [4.78, 5) is 51.0. The molecule has 1 aliphatic heterocycles. The summed E-state index contributed by atoms with van der Waals surface area (Å²) in [5, 5.41) is 2.38. The molecule has 0 aromatic heterocycles. The first-order valence-corrected chi connectivity index (χ1v) is 11.0. The average molecular weight is 429 g/mol. The van der Waals surface area contributed by atoms with Crippen molar-refractivity contribution < 1.29 is 23.9 Å². The van der Waals surface area contributed by atoms with Crippen molar-refractivity contribution in [1.29, 1.82) is 0 Å². The Morgan fingerprint density at radius 1 is 1.10 bits per heavy atom. The Morgan fingerprint density at radius 3 is 2.35 bits per heavy atom. The number of nitrogens with zero attached hydrogens (tertiary/aromatic N) is 1. The molecule has 1 N–H and O–H groups in total. The molecule has 7 heteroatoms. The van der Waals surface area contributed by atoms with Crippen molar-refractivity contribution in [3.05, 3.63) is 35.4 Å². The van der Waals surface area contributed by atoms with Crippen LogP contribution >= 0.6 is 0 Å². The number of Topliss-reactive ketones (excluding diaryl/α,β-unsaturated/α-hetero) is 1. The number of carbonyl (C=O) groups excluding carboxylic acids is 4. The molecule has 1 heterocycles. The Hall–Kier alpha value is -2.70. The molecular formula is C24H32N2O5. The summed E-state index contributed by atoms with van der Waals surface area (Å²) in [6.07, 6.45) is 5.13.